The number of ether oxygens (including phenoxy) is 1. The largest absolute Gasteiger partial charge is 0.468 e. The van der Waals surface area contributed by atoms with Crippen molar-refractivity contribution in [1.82, 2.24) is 9.88 Å². The molecular formula is C23H23N3O4. The van der Waals surface area contributed by atoms with Crippen molar-refractivity contribution in [3.63, 3.8) is 0 Å². The lowest BCUT2D eigenvalue weighted by Crippen LogP contribution is -2.62. The van der Waals surface area contributed by atoms with Gasteiger partial charge >= 0.3 is 5.97 Å². The van der Waals surface area contributed by atoms with E-state index in [0.717, 1.165) is 27.7 Å². The van der Waals surface area contributed by atoms with E-state index >= 15 is 0 Å². The van der Waals surface area contributed by atoms with Gasteiger partial charge in [0.25, 0.3) is 0 Å². The van der Waals surface area contributed by atoms with E-state index in [1.165, 1.54) is 7.11 Å². The van der Waals surface area contributed by atoms with Gasteiger partial charge in [-0.15, -0.1) is 0 Å². The van der Waals surface area contributed by atoms with Gasteiger partial charge < -0.3 is 9.30 Å². The molecule has 154 valence electrons. The second-order valence-electron chi connectivity index (χ2n) is 8.26. The number of esters is 1. The standard InChI is InChI=1S/C23H23N3O4/c1-25-18-11-7-6-10-16(18)19-20(25)17(14-26(28)29)23(21(27)30-2)13-12-22(19,24-23)15-8-4-3-5-9-15/h3-11,17,24H,12-14H2,1-2H3/t17-,22+,23+/m0/s1. The molecule has 2 bridgehead atoms. The molecule has 1 fully saturated rings. The zero-order chi connectivity index (χ0) is 21.1. The molecule has 0 unspecified atom stereocenters. The van der Waals surface area contributed by atoms with Crippen LogP contribution in [0.2, 0.25) is 0 Å². The number of aromatic nitrogens is 1. The number of nitrogens with zero attached hydrogens (tertiary/aromatic N) is 2. The lowest BCUT2D eigenvalue weighted by Gasteiger charge is -2.44. The summed E-state index contributed by atoms with van der Waals surface area (Å²) in [7, 11) is 3.28. The molecule has 0 aliphatic carbocycles. The molecular weight excluding hydrogens is 382 g/mol. The van der Waals surface area contributed by atoms with Gasteiger partial charge in [-0.05, 0) is 24.5 Å². The number of carbonyl (C=O) groups is 1. The van der Waals surface area contributed by atoms with Gasteiger partial charge in [-0.25, -0.2) is 0 Å². The third kappa shape index (κ3) is 2.26. The van der Waals surface area contributed by atoms with Gasteiger partial charge in [0.2, 0.25) is 6.54 Å². The molecule has 2 aliphatic rings. The van der Waals surface area contributed by atoms with Crippen molar-refractivity contribution in [2.75, 3.05) is 13.7 Å². The van der Waals surface area contributed by atoms with E-state index in [-0.39, 0.29) is 11.5 Å². The van der Waals surface area contributed by atoms with E-state index in [1.807, 2.05) is 48.0 Å². The monoisotopic (exact) mass is 405 g/mol. The summed E-state index contributed by atoms with van der Waals surface area (Å²) in [6.07, 6.45) is 1.12. The smallest absolute Gasteiger partial charge is 0.327 e. The minimum Gasteiger partial charge on any atom is -0.468 e. The predicted molar refractivity (Wildman–Crippen MR) is 112 cm³/mol. The molecule has 1 N–H and O–H groups in total. The Morgan fingerprint density at radius 3 is 2.60 bits per heavy atom. The normalized spacial score (nSPS) is 27.1. The highest BCUT2D eigenvalue weighted by Gasteiger charge is 2.65. The van der Waals surface area contributed by atoms with Crippen molar-refractivity contribution in [3.8, 4) is 0 Å². The van der Waals surface area contributed by atoms with Crippen LogP contribution in [0, 0.1) is 10.1 Å². The highest BCUT2D eigenvalue weighted by molar-refractivity contribution is 5.92. The number of para-hydroxylation sites is 1. The van der Waals surface area contributed by atoms with E-state index in [4.69, 9.17) is 4.74 Å². The topological polar surface area (TPSA) is 86.4 Å². The zero-order valence-corrected chi connectivity index (χ0v) is 16.9. The summed E-state index contributed by atoms with van der Waals surface area (Å²) in [5, 5.41) is 16.4. The van der Waals surface area contributed by atoms with E-state index in [9.17, 15) is 14.9 Å². The molecule has 7 nitrogen and oxygen atoms in total. The molecule has 1 saturated heterocycles. The quantitative estimate of drug-likeness (QED) is 0.410. The minimum atomic E-state index is -1.15. The maximum absolute atomic E-state index is 13.1. The maximum Gasteiger partial charge on any atom is 0.327 e. The molecule has 3 atom stereocenters. The van der Waals surface area contributed by atoms with Gasteiger partial charge in [-0.2, -0.15) is 0 Å². The first-order valence-electron chi connectivity index (χ1n) is 10.1. The third-order valence-corrected chi connectivity index (χ3v) is 6.98. The van der Waals surface area contributed by atoms with Crippen LogP contribution >= 0.6 is 0 Å². The first-order valence-corrected chi connectivity index (χ1v) is 10.1. The van der Waals surface area contributed by atoms with E-state index in [1.54, 1.807) is 0 Å². The Balaban J connectivity index is 1.90. The second kappa shape index (κ2) is 6.40. The Bertz CT molecular complexity index is 1170. The molecule has 0 saturated carbocycles. The summed E-state index contributed by atoms with van der Waals surface area (Å²) < 4.78 is 7.23. The van der Waals surface area contributed by atoms with Gasteiger partial charge in [0.15, 0.2) is 0 Å². The number of benzene rings is 2. The fraction of sp³-hybridized carbons (Fsp3) is 0.348. The van der Waals surface area contributed by atoms with E-state index in [0.29, 0.717) is 12.8 Å². The lowest BCUT2D eigenvalue weighted by atomic mass is 9.73. The highest BCUT2D eigenvalue weighted by atomic mass is 16.6. The lowest BCUT2D eigenvalue weighted by molar-refractivity contribution is -0.485. The van der Waals surface area contributed by atoms with Crippen molar-refractivity contribution in [2.45, 2.75) is 29.8 Å². The van der Waals surface area contributed by atoms with Gasteiger partial charge in [-0.3, -0.25) is 20.2 Å². The van der Waals surface area contributed by atoms with Crippen molar-refractivity contribution in [2.24, 2.45) is 7.05 Å². The number of nitrogens with one attached hydrogen (secondary N) is 1. The van der Waals surface area contributed by atoms with Crippen LogP contribution in [-0.4, -0.2) is 34.7 Å². The van der Waals surface area contributed by atoms with Crippen LogP contribution < -0.4 is 5.32 Å². The Morgan fingerprint density at radius 1 is 1.20 bits per heavy atom. The summed E-state index contributed by atoms with van der Waals surface area (Å²) >= 11 is 0. The van der Waals surface area contributed by atoms with Crippen molar-refractivity contribution in [1.29, 1.82) is 0 Å². The van der Waals surface area contributed by atoms with Crippen molar-refractivity contribution in [3.05, 3.63) is 81.5 Å². The van der Waals surface area contributed by atoms with Crippen molar-refractivity contribution < 1.29 is 14.5 Å². The molecule has 2 aliphatic heterocycles. The number of hydrogen-bond acceptors (Lipinski definition) is 5. The average molecular weight is 405 g/mol. The average Bonchev–Trinajstić information content (AvgIpc) is 3.28. The third-order valence-electron chi connectivity index (χ3n) is 6.98. The maximum atomic E-state index is 13.1. The number of methoxy groups -OCH3 is 1. The molecule has 0 spiro atoms. The van der Waals surface area contributed by atoms with Crippen LogP contribution in [-0.2, 0) is 22.1 Å². The highest BCUT2D eigenvalue weighted by Crippen LogP contribution is 2.57. The number of rotatable bonds is 4. The summed E-state index contributed by atoms with van der Waals surface area (Å²) in [6, 6.07) is 18.1. The van der Waals surface area contributed by atoms with Gasteiger partial charge in [0, 0.05) is 34.1 Å². The van der Waals surface area contributed by atoms with E-state index < -0.39 is 23.0 Å². The summed E-state index contributed by atoms with van der Waals surface area (Å²) in [6.45, 7) is -0.343. The number of aryl methyl sites for hydroxylation is 1. The van der Waals surface area contributed by atoms with E-state index in [2.05, 4.69) is 23.5 Å². The van der Waals surface area contributed by atoms with Crippen LogP contribution in [0.3, 0.4) is 0 Å². The Hall–Kier alpha value is -3.19. The first kappa shape index (κ1) is 18.8. The van der Waals surface area contributed by atoms with Crippen LogP contribution in [0.4, 0.5) is 0 Å². The molecule has 2 aromatic carbocycles. The van der Waals surface area contributed by atoms with Crippen molar-refractivity contribution >= 4 is 16.9 Å². The molecule has 1 aromatic heterocycles. The molecule has 7 heteroatoms. The fourth-order valence-electron chi connectivity index (χ4n) is 5.79. The SMILES string of the molecule is COC(=O)[C@]12CC[C@](c3ccccc3)(N1)c1c(n(C)c3ccccc13)[C@@H]2C[N+](=O)[O-]. The Labute approximate surface area is 173 Å². The van der Waals surface area contributed by atoms with Gasteiger partial charge in [0.1, 0.15) is 5.54 Å². The molecule has 30 heavy (non-hydrogen) atoms. The second-order valence-corrected chi connectivity index (χ2v) is 8.26. The van der Waals surface area contributed by atoms with Gasteiger partial charge in [0.05, 0.1) is 18.6 Å². The molecule has 3 heterocycles. The first-order chi connectivity index (χ1) is 14.4. The van der Waals surface area contributed by atoms with Crippen LogP contribution in [0.5, 0.6) is 0 Å². The predicted octanol–water partition coefficient (Wildman–Crippen LogP) is 3.09. The molecule has 3 aromatic rings. The van der Waals surface area contributed by atoms with Gasteiger partial charge in [-0.1, -0.05) is 48.5 Å². The number of nitro groups is 1. The Kier molecular flexibility index (Phi) is 4.02. The zero-order valence-electron chi connectivity index (χ0n) is 16.9. The Morgan fingerprint density at radius 2 is 1.90 bits per heavy atom. The molecule has 0 radical (unpaired) electrons. The van der Waals surface area contributed by atoms with Crippen LogP contribution in [0.25, 0.3) is 10.9 Å². The summed E-state index contributed by atoms with van der Waals surface area (Å²) in [5.74, 6) is -1.07. The number of carbonyl (C=O) groups excluding carboxylic acids is 1. The summed E-state index contributed by atoms with van der Waals surface area (Å²) in [5.41, 5.74) is 2.17. The molecule has 0 amide bonds. The number of fused-ring (bicyclic) bond motifs is 6. The number of hydrogen-bond donors (Lipinski definition) is 1. The summed E-state index contributed by atoms with van der Waals surface area (Å²) in [4.78, 5) is 24.5. The minimum absolute atomic E-state index is 0.327. The fourth-order valence-corrected chi connectivity index (χ4v) is 5.79. The van der Waals surface area contributed by atoms with Crippen LogP contribution in [0.1, 0.15) is 35.6 Å². The van der Waals surface area contributed by atoms with Crippen LogP contribution in [0.15, 0.2) is 54.6 Å². The molecule has 5 rings (SSSR count).